The zero-order valence-electron chi connectivity index (χ0n) is 12.7. The summed E-state index contributed by atoms with van der Waals surface area (Å²) in [6.07, 6.45) is 4.22. The van der Waals surface area contributed by atoms with Crippen LogP contribution in [0.4, 0.5) is 0 Å². The minimum absolute atomic E-state index is 0.139. The Labute approximate surface area is 126 Å². The van der Waals surface area contributed by atoms with Crippen molar-refractivity contribution in [3.8, 4) is 0 Å². The molecule has 0 saturated carbocycles. The van der Waals surface area contributed by atoms with E-state index in [-0.39, 0.29) is 5.78 Å². The number of carbonyl (C=O) groups is 1. The maximum absolute atomic E-state index is 12.9. The molecule has 3 rings (SSSR count). The van der Waals surface area contributed by atoms with Gasteiger partial charge in [0.15, 0.2) is 0 Å². The fourth-order valence-electron chi connectivity index (χ4n) is 3.11. The first-order valence-electron chi connectivity index (χ1n) is 7.66. The van der Waals surface area contributed by atoms with Crippen molar-refractivity contribution in [1.29, 1.82) is 0 Å². The summed E-state index contributed by atoms with van der Waals surface area (Å²) in [6.45, 7) is 6.09. The Bertz CT molecular complexity index is 651. The molecule has 1 aromatic carbocycles. The molecule has 2 aromatic rings. The summed E-state index contributed by atoms with van der Waals surface area (Å²) in [5, 5.41) is 3.38. The largest absolute Gasteiger partial charge is 0.342 e. The van der Waals surface area contributed by atoms with Crippen LogP contribution in [0.1, 0.15) is 46.1 Å². The molecule has 0 aliphatic carbocycles. The average Bonchev–Trinajstić information content (AvgIpc) is 2.99. The maximum Gasteiger partial charge on any atom is 0.209 e. The number of hydrogen-bond donors (Lipinski definition) is 1. The fraction of sp³-hybridized carbons (Fsp3) is 0.389. The predicted octanol–water partition coefficient (Wildman–Crippen LogP) is 3.26. The molecule has 3 nitrogen and oxygen atoms in total. The minimum atomic E-state index is 0.139. The van der Waals surface area contributed by atoms with Crippen molar-refractivity contribution in [1.82, 2.24) is 9.88 Å². The number of ketones is 1. The molecular formula is C18H22N2O. The number of piperidine rings is 1. The van der Waals surface area contributed by atoms with Gasteiger partial charge in [-0.05, 0) is 63.5 Å². The SMILES string of the molecule is Cc1ccc(C)c(C(=O)c2cccn2C2CCNCC2)c1. The predicted molar refractivity (Wildman–Crippen MR) is 84.9 cm³/mol. The summed E-state index contributed by atoms with van der Waals surface area (Å²) in [5.41, 5.74) is 3.81. The third kappa shape index (κ3) is 2.79. The van der Waals surface area contributed by atoms with Crippen LogP contribution in [0.2, 0.25) is 0 Å². The monoisotopic (exact) mass is 282 g/mol. The highest BCUT2D eigenvalue weighted by Crippen LogP contribution is 2.24. The molecule has 1 saturated heterocycles. The van der Waals surface area contributed by atoms with Crippen molar-refractivity contribution in [2.45, 2.75) is 32.7 Å². The molecule has 21 heavy (non-hydrogen) atoms. The lowest BCUT2D eigenvalue weighted by Gasteiger charge is -2.26. The number of carbonyl (C=O) groups excluding carboxylic acids is 1. The highest BCUT2D eigenvalue weighted by atomic mass is 16.1. The van der Waals surface area contributed by atoms with Crippen LogP contribution >= 0.6 is 0 Å². The van der Waals surface area contributed by atoms with Gasteiger partial charge in [-0.15, -0.1) is 0 Å². The molecule has 1 aliphatic heterocycles. The Morgan fingerprint density at radius 1 is 1.19 bits per heavy atom. The molecule has 0 atom stereocenters. The highest BCUT2D eigenvalue weighted by molar-refractivity contribution is 6.09. The van der Waals surface area contributed by atoms with Gasteiger partial charge in [0, 0.05) is 17.8 Å². The lowest BCUT2D eigenvalue weighted by atomic mass is 9.99. The maximum atomic E-state index is 12.9. The second-order valence-corrected chi connectivity index (χ2v) is 5.93. The van der Waals surface area contributed by atoms with Crippen molar-refractivity contribution in [2.75, 3.05) is 13.1 Å². The molecular weight excluding hydrogens is 260 g/mol. The number of hydrogen-bond acceptors (Lipinski definition) is 2. The van der Waals surface area contributed by atoms with Crippen LogP contribution in [0.3, 0.4) is 0 Å². The summed E-state index contributed by atoms with van der Waals surface area (Å²) < 4.78 is 2.17. The van der Waals surface area contributed by atoms with Crippen molar-refractivity contribution >= 4 is 5.78 Å². The zero-order chi connectivity index (χ0) is 14.8. The average molecular weight is 282 g/mol. The Morgan fingerprint density at radius 3 is 2.71 bits per heavy atom. The number of aromatic nitrogens is 1. The first-order chi connectivity index (χ1) is 10.2. The van der Waals surface area contributed by atoms with Gasteiger partial charge in [0.25, 0.3) is 0 Å². The lowest BCUT2D eigenvalue weighted by molar-refractivity contribution is 0.102. The van der Waals surface area contributed by atoms with E-state index in [0.29, 0.717) is 6.04 Å². The molecule has 0 bridgehead atoms. The Hall–Kier alpha value is -1.87. The van der Waals surface area contributed by atoms with Crippen molar-refractivity contribution in [3.05, 3.63) is 58.9 Å². The number of aryl methyl sites for hydroxylation is 2. The van der Waals surface area contributed by atoms with Gasteiger partial charge >= 0.3 is 0 Å². The van der Waals surface area contributed by atoms with Crippen LogP contribution < -0.4 is 5.32 Å². The van der Waals surface area contributed by atoms with Crippen LogP contribution in [-0.4, -0.2) is 23.4 Å². The molecule has 1 aromatic heterocycles. The van der Waals surface area contributed by atoms with Crippen molar-refractivity contribution in [2.24, 2.45) is 0 Å². The van der Waals surface area contributed by atoms with E-state index in [1.165, 1.54) is 0 Å². The molecule has 0 amide bonds. The minimum Gasteiger partial charge on any atom is -0.342 e. The first kappa shape index (κ1) is 14.1. The van der Waals surface area contributed by atoms with Gasteiger partial charge < -0.3 is 9.88 Å². The summed E-state index contributed by atoms with van der Waals surface area (Å²) >= 11 is 0. The summed E-state index contributed by atoms with van der Waals surface area (Å²) in [4.78, 5) is 12.9. The summed E-state index contributed by atoms with van der Waals surface area (Å²) in [5.74, 6) is 0.139. The van der Waals surface area contributed by atoms with E-state index < -0.39 is 0 Å². The van der Waals surface area contributed by atoms with Gasteiger partial charge in [-0.3, -0.25) is 4.79 Å². The molecule has 0 radical (unpaired) electrons. The normalized spacial score (nSPS) is 16.1. The molecule has 2 heterocycles. The first-order valence-corrected chi connectivity index (χ1v) is 7.66. The van der Waals surface area contributed by atoms with Crippen molar-refractivity contribution in [3.63, 3.8) is 0 Å². The van der Waals surface area contributed by atoms with Gasteiger partial charge in [-0.1, -0.05) is 17.7 Å². The molecule has 110 valence electrons. The highest BCUT2D eigenvalue weighted by Gasteiger charge is 2.21. The van der Waals surface area contributed by atoms with Gasteiger partial charge in [0.05, 0.1) is 5.69 Å². The number of rotatable bonds is 3. The van der Waals surface area contributed by atoms with Gasteiger partial charge in [-0.25, -0.2) is 0 Å². The molecule has 1 N–H and O–H groups in total. The van der Waals surface area contributed by atoms with E-state index in [9.17, 15) is 4.79 Å². The van der Waals surface area contributed by atoms with Crippen LogP contribution in [0, 0.1) is 13.8 Å². The molecule has 3 heteroatoms. The standard InChI is InChI=1S/C18H22N2O/c1-13-5-6-14(2)16(12-13)18(21)17-4-3-11-20(17)15-7-9-19-10-8-15/h3-6,11-12,15,19H,7-10H2,1-2H3. The van der Waals surface area contributed by atoms with E-state index in [1.54, 1.807) is 0 Å². The van der Waals surface area contributed by atoms with Gasteiger partial charge in [0.1, 0.15) is 0 Å². The molecule has 0 unspecified atom stereocenters. The van der Waals surface area contributed by atoms with Crippen LogP contribution in [0.25, 0.3) is 0 Å². The van der Waals surface area contributed by atoms with E-state index in [0.717, 1.165) is 48.3 Å². The Balaban J connectivity index is 1.95. The second kappa shape index (κ2) is 5.86. The number of nitrogens with one attached hydrogen (secondary N) is 1. The zero-order valence-corrected chi connectivity index (χ0v) is 12.7. The topological polar surface area (TPSA) is 34.0 Å². The van der Waals surface area contributed by atoms with Gasteiger partial charge in [0.2, 0.25) is 5.78 Å². The fourth-order valence-corrected chi connectivity index (χ4v) is 3.11. The summed E-state index contributed by atoms with van der Waals surface area (Å²) in [6, 6.07) is 10.5. The lowest BCUT2D eigenvalue weighted by Crippen LogP contribution is -2.30. The third-order valence-electron chi connectivity index (χ3n) is 4.35. The van der Waals surface area contributed by atoms with Crippen LogP contribution in [0.15, 0.2) is 36.5 Å². The van der Waals surface area contributed by atoms with E-state index >= 15 is 0 Å². The van der Waals surface area contributed by atoms with E-state index in [2.05, 4.69) is 16.0 Å². The van der Waals surface area contributed by atoms with Gasteiger partial charge in [-0.2, -0.15) is 0 Å². The smallest absolute Gasteiger partial charge is 0.209 e. The van der Waals surface area contributed by atoms with E-state index in [4.69, 9.17) is 0 Å². The Kier molecular flexibility index (Phi) is 3.93. The number of nitrogens with zero attached hydrogens (tertiary/aromatic N) is 1. The quantitative estimate of drug-likeness (QED) is 0.877. The van der Waals surface area contributed by atoms with Crippen molar-refractivity contribution < 1.29 is 4.79 Å². The molecule has 1 fully saturated rings. The summed E-state index contributed by atoms with van der Waals surface area (Å²) in [7, 11) is 0. The number of benzene rings is 1. The molecule has 1 aliphatic rings. The second-order valence-electron chi connectivity index (χ2n) is 5.93. The van der Waals surface area contributed by atoms with E-state index in [1.807, 2.05) is 44.3 Å². The van der Waals surface area contributed by atoms with Crippen LogP contribution in [0.5, 0.6) is 0 Å². The van der Waals surface area contributed by atoms with Crippen LogP contribution in [-0.2, 0) is 0 Å². The molecule has 0 spiro atoms. The third-order valence-corrected chi connectivity index (χ3v) is 4.35. The Morgan fingerprint density at radius 2 is 1.95 bits per heavy atom.